The van der Waals surface area contributed by atoms with Gasteiger partial charge in [0.15, 0.2) is 0 Å². The number of aliphatic carboxylic acids is 1. The predicted octanol–water partition coefficient (Wildman–Crippen LogP) is 3.20. The van der Waals surface area contributed by atoms with Gasteiger partial charge in [0.1, 0.15) is 5.75 Å². The summed E-state index contributed by atoms with van der Waals surface area (Å²) in [6.07, 6.45) is 1.31. The number of carboxylic acid groups (broad SMARTS) is 1. The minimum atomic E-state index is -1.00. The number of halogens is 1. The van der Waals surface area contributed by atoms with E-state index in [4.69, 9.17) is 14.6 Å². The van der Waals surface area contributed by atoms with Gasteiger partial charge in [-0.05, 0) is 49.4 Å². The van der Waals surface area contributed by atoms with Gasteiger partial charge in [0.25, 0.3) is 0 Å². The molecule has 0 heterocycles. The number of carbonyl (C=O) groups is 1. The predicted molar refractivity (Wildman–Crippen MR) is 74.7 cm³/mol. The molecule has 1 aromatic rings. The Morgan fingerprint density at radius 3 is 2.84 bits per heavy atom. The second-order valence-electron chi connectivity index (χ2n) is 4.56. The minimum absolute atomic E-state index is 0.0615. The first kappa shape index (κ1) is 14.3. The van der Waals surface area contributed by atoms with Crippen molar-refractivity contribution in [3.63, 3.8) is 0 Å². The number of carboxylic acids is 1. The fourth-order valence-corrected chi connectivity index (χ4v) is 2.25. The Hall–Kier alpha value is -1.07. The highest BCUT2D eigenvalue weighted by molar-refractivity contribution is 9.10. The van der Waals surface area contributed by atoms with Gasteiger partial charge in [-0.15, -0.1) is 0 Å². The lowest BCUT2D eigenvalue weighted by molar-refractivity contribution is -0.147. The molecule has 1 N–H and O–H groups in total. The molecular formula is C14H17BrO4. The summed E-state index contributed by atoms with van der Waals surface area (Å²) in [6.45, 7) is 2.36. The van der Waals surface area contributed by atoms with Crippen LogP contribution in [-0.4, -0.2) is 30.4 Å². The van der Waals surface area contributed by atoms with Crippen LogP contribution in [-0.2, 0) is 9.53 Å². The SMILES string of the molecule is CCOCC(Oc1ccc(Br)cc1C1CC1)C(=O)O. The van der Waals surface area contributed by atoms with Crippen molar-refractivity contribution in [3.8, 4) is 5.75 Å². The molecule has 0 aliphatic heterocycles. The molecule has 1 aromatic carbocycles. The van der Waals surface area contributed by atoms with Crippen LogP contribution in [0.15, 0.2) is 22.7 Å². The van der Waals surface area contributed by atoms with Gasteiger partial charge < -0.3 is 14.6 Å². The van der Waals surface area contributed by atoms with Gasteiger partial charge in [-0.25, -0.2) is 4.79 Å². The Balaban J connectivity index is 2.13. The molecule has 19 heavy (non-hydrogen) atoms. The van der Waals surface area contributed by atoms with E-state index in [0.29, 0.717) is 18.3 Å². The summed E-state index contributed by atoms with van der Waals surface area (Å²) in [4.78, 5) is 11.2. The van der Waals surface area contributed by atoms with Crippen LogP contribution in [0.1, 0.15) is 31.2 Å². The number of hydrogen-bond acceptors (Lipinski definition) is 3. The van der Waals surface area contributed by atoms with Crippen LogP contribution in [0.3, 0.4) is 0 Å². The molecule has 0 amide bonds. The van der Waals surface area contributed by atoms with E-state index in [1.807, 2.05) is 25.1 Å². The highest BCUT2D eigenvalue weighted by atomic mass is 79.9. The summed E-state index contributed by atoms with van der Waals surface area (Å²) in [5, 5.41) is 9.15. The van der Waals surface area contributed by atoms with Crippen molar-refractivity contribution in [1.82, 2.24) is 0 Å². The fourth-order valence-electron chi connectivity index (χ4n) is 1.87. The molecule has 0 aromatic heterocycles. The smallest absolute Gasteiger partial charge is 0.347 e. The third kappa shape index (κ3) is 3.94. The topological polar surface area (TPSA) is 55.8 Å². The Morgan fingerprint density at radius 1 is 1.53 bits per heavy atom. The van der Waals surface area contributed by atoms with Crippen molar-refractivity contribution in [1.29, 1.82) is 0 Å². The van der Waals surface area contributed by atoms with Gasteiger partial charge in [-0.3, -0.25) is 0 Å². The van der Waals surface area contributed by atoms with E-state index in [0.717, 1.165) is 22.9 Å². The molecular weight excluding hydrogens is 312 g/mol. The van der Waals surface area contributed by atoms with Gasteiger partial charge in [0, 0.05) is 11.1 Å². The molecule has 0 saturated heterocycles. The zero-order valence-electron chi connectivity index (χ0n) is 10.8. The van der Waals surface area contributed by atoms with Crippen molar-refractivity contribution in [2.75, 3.05) is 13.2 Å². The van der Waals surface area contributed by atoms with Crippen molar-refractivity contribution in [2.24, 2.45) is 0 Å². The lowest BCUT2D eigenvalue weighted by atomic mass is 10.1. The number of benzene rings is 1. The average Bonchev–Trinajstić information content (AvgIpc) is 3.19. The highest BCUT2D eigenvalue weighted by Gasteiger charge is 2.29. The molecule has 0 radical (unpaired) electrons. The molecule has 1 atom stereocenters. The zero-order valence-corrected chi connectivity index (χ0v) is 12.4. The van der Waals surface area contributed by atoms with Crippen LogP contribution in [0, 0.1) is 0 Å². The normalized spacial score (nSPS) is 16.1. The van der Waals surface area contributed by atoms with Gasteiger partial charge >= 0.3 is 5.97 Å². The quantitative estimate of drug-likeness (QED) is 0.835. The maximum Gasteiger partial charge on any atom is 0.347 e. The summed E-state index contributed by atoms with van der Waals surface area (Å²) in [6, 6.07) is 5.69. The van der Waals surface area contributed by atoms with Crippen LogP contribution in [0.2, 0.25) is 0 Å². The van der Waals surface area contributed by atoms with Gasteiger partial charge in [0.05, 0.1) is 6.61 Å². The number of ether oxygens (including phenoxy) is 2. The molecule has 104 valence electrons. The monoisotopic (exact) mass is 328 g/mol. The summed E-state index contributed by atoms with van der Waals surface area (Å²) in [5.41, 5.74) is 1.08. The first-order chi connectivity index (χ1) is 9.11. The zero-order chi connectivity index (χ0) is 13.8. The maximum atomic E-state index is 11.2. The molecule has 5 heteroatoms. The summed E-state index contributed by atoms with van der Waals surface area (Å²) in [7, 11) is 0. The standard InChI is InChI=1S/C14H17BrO4/c1-2-18-8-13(14(16)17)19-12-6-5-10(15)7-11(12)9-3-4-9/h5-7,9,13H,2-4,8H2,1H3,(H,16,17). The van der Waals surface area contributed by atoms with Crippen molar-refractivity contribution < 1.29 is 19.4 Å². The number of rotatable bonds is 7. The van der Waals surface area contributed by atoms with Crippen LogP contribution in [0.25, 0.3) is 0 Å². The van der Waals surface area contributed by atoms with Crippen molar-refractivity contribution in [3.05, 3.63) is 28.2 Å². The summed E-state index contributed by atoms with van der Waals surface area (Å²) < 4.78 is 11.8. The minimum Gasteiger partial charge on any atom is -0.478 e. The highest BCUT2D eigenvalue weighted by Crippen LogP contribution is 2.45. The second kappa shape index (κ2) is 6.39. The second-order valence-corrected chi connectivity index (χ2v) is 5.48. The summed E-state index contributed by atoms with van der Waals surface area (Å²) in [5.74, 6) is 0.143. The van der Waals surface area contributed by atoms with E-state index >= 15 is 0 Å². The summed E-state index contributed by atoms with van der Waals surface area (Å²) >= 11 is 3.43. The van der Waals surface area contributed by atoms with E-state index in [1.165, 1.54) is 0 Å². The Labute approximate surface area is 120 Å². The average molecular weight is 329 g/mol. The first-order valence-corrected chi connectivity index (χ1v) is 7.17. The lowest BCUT2D eigenvalue weighted by Gasteiger charge is -2.17. The van der Waals surface area contributed by atoms with E-state index < -0.39 is 12.1 Å². The molecule has 1 aliphatic rings. The van der Waals surface area contributed by atoms with Crippen LogP contribution in [0.5, 0.6) is 5.75 Å². The molecule has 0 bridgehead atoms. The van der Waals surface area contributed by atoms with Crippen molar-refractivity contribution in [2.45, 2.75) is 31.8 Å². The van der Waals surface area contributed by atoms with E-state index in [9.17, 15) is 4.79 Å². The fraction of sp³-hybridized carbons (Fsp3) is 0.500. The first-order valence-electron chi connectivity index (χ1n) is 6.38. The Morgan fingerprint density at radius 2 is 2.26 bits per heavy atom. The molecule has 1 saturated carbocycles. The molecule has 1 fully saturated rings. The van der Waals surface area contributed by atoms with E-state index in [-0.39, 0.29) is 6.61 Å². The Bertz CT molecular complexity index is 457. The van der Waals surface area contributed by atoms with Gasteiger partial charge in [-0.1, -0.05) is 15.9 Å². The molecule has 1 aliphatic carbocycles. The van der Waals surface area contributed by atoms with Crippen LogP contribution in [0.4, 0.5) is 0 Å². The molecule has 0 spiro atoms. The lowest BCUT2D eigenvalue weighted by Crippen LogP contribution is -2.32. The maximum absolute atomic E-state index is 11.2. The van der Waals surface area contributed by atoms with E-state index in [2.05, 4.69) is 15.9 Å². The van der Waals surface area contributed by atoms with Gasteiger partial charge in [0.2, 0.25) is 6.10 Å². The number of hydrogen-bond donors (Lipinski definition) is 1. The third-order valence-corrected chi connectivity index (χ3v) is 3.50. The third-order valence-electron chi connectivity index (χ3n) is 3.01. The van der Waals surface area contributed by atoms with E-state index in [1.54, 1.807) is 0 Å². The molecule has 2 rings (SSSR count). The van der Waals surface area contributed by atoms with Crippen molar-refractivity contribution >= 4 is 21.9 Å². The molecule has 4 nitrogen and oxygen atoms in total. The van der Waals surface area contributed by atoms with Crippen LogP contribution < -0.4 is 4.74 Å². The van der Waals surface area contributed by atoms with Gasteiger partial charge in [-0.2, -0.15) is 0 Å². The van der Waals surface area contributed by atoms with Crippen LogP contribution >= 0.6 is 15.9 Å². The molecule has 1 unspecified atom stereocenters. The largest absolute Gasteiger partial charge is 0.478 e. The Kier molecular flexibility index (Phi) is 4.82.